The molecule has 4 heterocycles. The fraction of sp³-hybridized carbons (Fsp3) is 0.522. The molecule has 0 radical (unpaired) electrons. The Labute approximate surface area is 185 Å². The van der Waals surface area contributed by atoms with E-state index >= 15 is 0 Å². The first-order valence-electron chi connectivity index (χ1n) is 11.2. The predicted molar refractivity (Wildman–Crippen MR) is 116 cm³/mol. The van der Waals surface area contributed by atoms with Gasteiger partial charge in [-0.05, 0) is 18.6 Å². The topological polar surface area (TPSA) is 68.8 Å². The molecule has 2 aromatic rings. The molecule has 170 valence electrons. The lowest BCUT2D eigenvalue weighted by Crippen LogP contribution is -2.52. The van der Waals surface area contributed by atoms with Crippen molar-refractivity contribution in [1.29, 1.82) is 0 Å². The first-order chi connectivity index (χ1) is 15.4. The standard InChI is InChI=1S/C23H27F2N5O2/c24-23(25)6-8-30(15-23)22(32)20-13-16(14-27-20)28-9-11-29(12-10-28)21(31)18-5-7-26-19-4-2-1-3-17(18)19/h1-5,7,16,20,27H,6,8-15H2/t16-,20-/m0/s1. The summed E-state index contributed by atoms with van der Waals surface area (Å²) in [5, 5.41) is 4.08. The maximum atomic E-state index is 13.5. The third-order valence-electron chi connectivity index (χ3n) is 6.88. The fourth-order valence-electron chi connectivity index (χ4n) is 5.07. The summed E-state index contributed by atoms with van der Waals surface area (Å²) in [4.78, 5) is 35.6. The number of nitrogens with zero attached hydrogens (tertiary/aromatic N) is 4. The number of amides is 2. The van der Waals surface area contributed by atoms with E-state index in [0.29, 0.717) is 31.6 Å². The molecule has 1 aromatic carbocycles. The zero-order valence-electron chi connectivity index (χ0n) is 17.8. The van der Waals surface area contributed by atoms with Crippen LogP contribution in [0, 0.1) is 0 Å². The highest BCUT2D eigenvalue weighted by Gasteiger charge is 2.44. The molecule has 5 rings (SSSR count). The van der Waals surface area contributed by atoms with Crippen molar-refractivity contribution in [2.45, 2.75) is 30.8 Å². The maximum Gasteiger partial charge on any atom is 0.267 e. The zero-order valence-corrected chi connectivity index (χ0v) is 17.8. The van der Waals surface area contributed by atoms with E-state index in [1.165, 1.54) is 4.90 Å². The number of alkyl halides is 2. The number of likely N-dealkylation sites (tertiary alicyclic amines) is 1. The minimum Gasteiger partial charge on any atom is -0.336 e. The van der Waals surface area contributed by atoms with Gasteiger partial charge in [0, 0.05) is 63.3 Å². The van der Waals surface area contributed by atoms with E-state index in [1.54, 1.807) is 12.3 Å². The van der Waals surface area contributed by atoms with E-state index in [1.807, 2.05) is 29.2 Å². The molecule has 3 fully saturated rings. The second-order valence-corrected chi connectivity index (χ2v) is 8.92. The van der Waals surface area contributed by atoms with Crippen molar-refractivity contribution >= 4 is 22.7 Å². The van der Waals surface area contributed by atoms with Crippen LogP contribution >= 0.6 is 0 Å². The van der Waals surface area contributed by atoms with Crippen molar-refractivity contribution in [2.75, 3.05) is 45.8 Å². The number of halogens is 2. The molecule has 0 aliphatic carbocycles. The zero-order chi connectivity index (χ0) is 22.3. The highest BCUT2D eigenvalue weighted by molar-refractivity contribution is 6.06. The Kier molecular flexibility index (Phi) is 5.54. The molecule has 3 aliphatic rings. The second kappa shape index (κ2) is 8.37. The number of nitrogens with one attached hydrogen (secondary N) is 1. The summed E-state index contributed by atoms with van der Waals surface area (Å²) >= 11 is 0. The Bertz CT molecular complexity index is 1020. The smallest absolute Gasteiger partial charge is 0.267 e. The number of pyridine rings is 1. The van der Waals surface area contributed by atoms with Crippen LogP contribution in [0.2, 0.25) is 0 Å². The number of benzene rings is 1. The molecule has 3 aliphatic heterocycles. The summed E-state index contributed by atoms with van der Waals surface area (Å²) in [6.45, 7) is 2.99. The number of aromatic nitrogens is 1. The third-order valence-corrected chi connectivity index (χ3v) is 6.88. The SMILES string of the molecule is O=C(c1ccnc2ccccc12)N1CCN([C@@H]2CN[C@H](C(=O)N3CCC(F)(F)C3)C2)CC1. The number of hydrogen-bond acceptors (Lipinski definition) is 5. The molecular formula is C23H27F2N5O2. The molecule has 9 heteroatoms. The second-order valence-electron chi connectivity index (χ2n) is 8.92. The van der Waals surface area contributed by atoms with E-state index in [4.69, 9.17) is 0 Å². The van der Waals surface area contributed by atoms with Crippen molar-refractivity contribution in [3.05, 3.63) is 42.1 Å². The van der Waals surface area contributed by atoms with Crippen LogP contribution in [0.25, 0.3) is 10.9 Å². The summed E-state index contributed by atoms with van der Waals surface area (Å²) in [6.07, 6.45) is 2.03. The predicted octanol–water partition coefficient (Wildman–Crippen LogP) is 1.59. The van der Waals surface area contributed by atoms with Gasteiger partial charge >= 0.3 is 0 Å². The van der Waals surface area contributed by atoms with E-state index in [0.717, 1.165) is 24.0 Å². The van der Waals surface area contributed by atoms with E-state index < -0.39 is 18.5 Å². The van der Waals surface area contributed by atoms with Crippen LogP contribution in [-0.2, 0) is 4.79 Å². The Morgan fingerprint density at radius 2 is 1.81 bits per heavy atom. The molecule has 7 nitrogen and oxygen atoms in total. The molecule has 32 heavy (non-hydrogen) atoms. The quantitative estimate of drug-likeness (QED) is 0.781. The van der Waals surface area contributed by atoms with Gasteiger partial charge < -0.3 is 15.1 Å². The number of piperazine rings is 1. The molecule has 3 saturated heterocycles. The summed E-state index contributed by atoms with van der Waals surface area (Å²) < 4.78 is 26.9. The first-order valence-corrected chi connectivity index (χ1v) is 11.2. The number of carbonyl (C=O) groups is 2. The molecule has 0 spiro atoms. The van der Waals surface area contributed by atoms with Crippen molar-refractivity contribution < 1.29 is 18.4 Å². The highest BCUT2D eigenvalue weighted by Crippen LogP contribution is 2.28. The van der Waals surface area contributed by atoms with E-state index in [9.17, 15) is 18.4 Å². The van der Waals surface area contributed by atoms with Crippen LogP contribution in [0.15, 0.2) is 36.5 Å². The van der Waals surface area contributed by atoms with Crippen molar-refractivity contribution in [1.82, 2.24) is 25.0 Å². The molecule has 2 amide bonds. The Morgan fingerprint density at radius 3 is 2.56 bits per heavy atom. The molecule has 0 unspecified atom stereocenters. The van der Waals surface area contributed by atoms with Gasteiger partial charge in [0.1, 0.15) is 0 Å². The molecule has 0 bridgehead atoms. The molecule has 2 atom stereocenters. The molecule has 1 aromatic heterocycles. The summed E-state index contributed by atoms with van der Waals surface area (Å²) in [5.74, 6) is -2.98. The van der Waals surface area contributed by atoms with Crippen LogP contribution < -0.4 is 5.32 Å². The van der Waals surface area contributed by atoms with Crippen LogP contribution in [-0.4, -0.2) is 95.3 Å². The average Bonchev–Trinajstić information content (AvgIpc) is 3.44. The van der Waals surface area contributed by atoms with Crippen molar-refractivity contribution in [3.63, 3.8) is 0 Å². The highest BCUT2D eigenvalue weighted by atomic mass is 19.3. The first kappa shape index (κ1) is 21.2. The van der Waals surface area contributed by atoms with Crippen molar-refractivity contribution in [2.24, 2.45) is 0 Å². The third kappa shape index (κ3) is 4.06. The minimum absolute atomic E-state index is 0.0100. The Balaban J connectivity index is 1.17. The van der Waals surface area contributed by atoms with E-state index in [-0.39, 0.29) is 30.8 Å². The molecule has 0 saturated carbocycles. The number of hydrogen-bond donors (Lipinski definition) is 1. The van der Waals surface area contributed by atoms with Crippen LogP contribution in [0.3, 0.4) is 0 Å². The Hall–Kier alpha value is -2.65. The normalized spacial score (nSPS) is 26.1. The van der Waals surface area contributed by atoms with E-state index in [2.05, 4.69) is 15.2 Å². The van der Waals surface area contributed by atoms with Gasteiger partial charge in [0.15, 0.2) is 0 Å². The summed E-state index contributed by atoms with van der Waals surface area (Å²) in [7, 11) is 0. The molecular weight excluding hydrogens is 416 g/mol. The maximum absolute atomic E-state index is 13.5. The van der Waals surface area contributed by atoms with Crippen molar-refractivity contribution in [3.8, 4) is 0 Å². The largest absolute Gasteiger partial charge is 0.336 e. The summed E-state index contributed by atoms with van der Waals surface area (Å²) in [5.41, 5.74) is 1.47. The summed E-state index contributed by atoms with van der Waals surface area (Å²) in [6, 6.07) is 9.18. The van der Waals surface area contributed by atoms with Gasteiger partial charge in [0.25, 0.3) is 11.8 Å². The van der Waals surface area contributed by atoms with Crippen LogP contribution in [0.1, 0.15) is 23.2 Å². The van der Waals surface area contributed by atoms with Gasteiger partial charge in [0.05, 0.1) is 23.7 Å². The Morgan fingerprint density at radius 1 is 1.03 bits per heavy atom. The van der Waals surface area contributed by atoms with Gasteiger partial charge in [-0.1, -0.05) is 18.2 Å². The van der Waals surface area contributed by atoms with Gasteiger partial charge in [-0.3, -0.25) is 19.5 Å². The minimum atomic E-state index is -2.77. The number of para-hydroxylation sites is 1. The van der Waals surface area contributed by atoms with Gasteiger partial charge in [-0.15, -0.1) is 0 Å². The van der Waals surface area contributed by atoms with Gasteiger partial charge in [-0.2, -0.15) is 0 Å². The number of fused-ring (bicyclic) bond motifs is 1. The number of rotatable bonds is 3. The monoisotopic (exact) mass is 443 g/mol. The fourth-order valence-corrected chi connectivity index (χ4v) is 5.07. The van der Waals surface area contributed by atoms with Gasteiger partial charge in [0.2, 0.25) is 5.91 Å². The lowest BCUT2D eigenvalue weighted by Gasteiger charge is -2.38. The molecule has 1 N–H and O–H groups in total. The van der Waals surface area contributed by atoms with Gasteiger partial charge in [-0.25, -0.2) is 8.78 Å². The lowest BCUT2D eigenvalue weighted by atomic mass is 10.1. The lowest BCUT2D eigenvalue weighted by molar-refractivity contribution is -0.133. The van der Waals surface area contributed by atoms with Crippen LogP contribution in [0.4, 0.5) is 8.78 Å². The average molecular weight is 443 g/mol. The number of carbonyl (C=O) groups excluding carboxylic acids is 2. The van der Waals surface area contributed by atoms with Crippen LogP contribution in [0.5, 0.6) is 0 Å².